The van der Waals surface area contributed by atoms with Crippen molar-refractivity contribution >= 4 is 22.7 Å². The fraction of sp³-hybridized carbons (Fsp3) is 0.308. The molecule has 6 nitrogen and oxygen atoms in total. The Bertz CT molecular complexity index is 1280. The monoisotopic (exact) mass is 534 g/mol. The Hall–Kier alpha value is -3.31. The number of anilines is 1. The number of amides is 1. The van der Waals surface area contributed by atoms with E-state index in [1.54, 1.807) is 35.4 Å². The zero-order valence-corrected chi connectivity index (χ0v) is 21.1. The van der Waals surface area contributed by atoms with Gasteiger partial charge in [0, 0.05) is 32.7 Å². The summed E-state index contributed by atoms with van der Waals surface area (Å²) in [4.78, 5) is 19.8. The predicted molar refractivity (Wildman–Crippen MR) is 133 cm³/mol. The number of benzene rings is 2. The fourth-order valence-corrected chi connectivity index (χ4v) is 5.44. The molecule has 0 bridgehead atoms. The predicted octanol–water partition coefficient (Wildman–Crippen LogP) is 4.78. The highest BCUT2D eigenvalue weighted by molar-refractivity contribution is 7.82. The molecule has 2 heterocycles. The SMILES string of the molecule is CN(C)c1cc(CNC(=O)C2CCCN2S(=O)c2ccc(F)cc2)cc(-c2ccc(C(F)(F)F)cc2)n1. The first kappa shape index (κ1) is 26.7. The summed E-state index contributed by atoms with van der Waals surface area (Å²) in [6.07, 6.45) is -3.20. The lowest BCUT2D eigenvalue weighted by atomic mass is 10.1. The molecule has 196 valence electrons. The molecule has 1 aliphatic heterocycles. The second-order valence-electron chi connectivity index (χ2n) is 8.91. The Morgan fingerprint density at radius 1 is 1.11 bits per heavy atom. The molecule has 2 aromatic carbocycles. The second-order valence-corrected chi connectivity index (χ2v) is 10.3. The van der Waals surface area contributed by atoms with Crippen LogP contribution in [-0.4, -0.2) is 46.1 Å². The van der Waals surface area contributed by atoms with Crippen LogP contribution in [0.4, 0.5) is 23.4 Å². The second kappa shape index (κ2) is 11.0. The van der Waals surface area contributed by atoms with Gasteiger partial charge in [0.2, 0.25) is 5.91 Å². The van der Waals surface area contributed by atoms with Crippen molar-refractivity contribution in [1.82, 2.24) is 14.6 Å². The average molecular weight is 535 g/mol. The quantitative estimate of drug-likeness (QED) is 0.444. The van der Waals surface area contributed by atoms with E-state index in [1.165, 1.54) is 36.4 Å². The number of alkyl halides is 3. The summed E-state index contributed by atoms with van der Waals surface area (Å²) >= 11 is 0. The van der Waals surface area contributed by atoms with E-state index in [-0.39, 0.29) is 12.5 Å². The van der Waals surface area contributed by atoms with E-state index >= 15 is 0 Å². The first-order chi connectivity index (χ1) is 17.5. The lowest BCUT2D eigenvalue weighted by Crippen LogP contribution is -2.43. The van der Waals surface area contributed by atoms with E-state index < -0.39 is 34.6 Å². The number of hydrogen-bond donors (Lipinski definition) is 1. The minimum absolute atomic E-state index is 0.156. The van der Waals surface area contributed by atoms with Crippen molar-refractivity contribution in [3.63, 3.8) is 0 Å². The summed E-state index contributed by atoms with van der Waals surface area (Å²) in [7, 11) is 1.98. The van der Waals surface area contributed by atoms with Crippen LogP contribution < -0.4 is 10.2 Å². The maximum Gasteiger partial charge on any atom is 0.416 e. The van der Waals surface area contributed by atoms with Gasteiger partial charge in [0.1, 0.15) is 28.7 Å². The molecule has 1 aromatic heterocycles. The Morgan fingerprint density at radius 3 is 2.41 bits per heavy atom. The van der Waals surface area contributed by atoms with Gasteiger partial charge in [-0.05, 0) is 66.9 Å². The molecule has 4 rings (SSSR count). The summed E-state index contributed by atoms with van der Waals surface area (Å²) in [5.41, 5.74) is 0.961. The zero-order chi connectivity index (χ0) is 26.7. The molecule has 11 heteroatoms. The lowest BCUT2D eigenvalue weighted by molar-refractivity contribution is -0.137. The number of halogens is 4. The minimum atomic E-state index is -4.43. The molecule has 37 heavy (non-hydrogen) atoms. The standard InChI is InChI=1S/C26H26F4N4O2S/c1-33(2)24-15-17(14-22(32-24)18-5-7-19(8-6-18)26(28,29)30)16-31-25(35)23-4-3-13-34(23)37(36)21-11-9-20(27)10-12-21/h5-12,14-15,23H,3-4,13,16H2,1-2H3,(H,31,35). The topological polar surface area (TPSA) is 65.5 Å². The molecule has 1 amide bonds. The first-order valence-corrected chi connectivity index (χ1v) is 12.7. The Morgan fingerprint density at radius 2 is 1.78 bits per heavy atom. The van der Waals surface area contributed by atoms with Crippen LogP contribution >= 0.6 is 0 Å². The summed E-state index contributed by atoms with van der Waals surface area (Å²) < 4.78 is 66.7. The number of nitrogens with one attached hydrogen (secondary N) is 1. The Kier molecular flexibility index (Phi) is 7.93. The molecule has 0 radical (unpaired) electrons. The molecule has 0 saturated carbocycles. The highest BCUT2D eigenvalue weighted by atomic mass is 32.2. The number of carbonyl (C=O) groups excluding carboxylic acids is 1. The first-order valence-electron chi connectivity index (χ1n) is 11.6. The van der Waals surface area contributed by atoms with Gasteiger partial charge in [0.15, 0.2) is 0 Å². The molecule has 1 fully saturated rings. The third kappa shape index (κ3) is 6.34. The molecule has 2 unspecified atom stereocenters. The molecule has 0 aliphatic carbocycles. The number of pyridine rings is 1. The van der Waals surface area contributed by atoms with E-state index in [1.807, 2.05) is 0 Å². The largest absolute Gasteiger partial charge is 0.416 e. The average Bonchev–Trinajstić information content (AvgIpc) is 3.37. The van der Waals surface area contributed by atoms with Crippen LogP contribution in [0.15, 0.2) is 65.6 Å². The van der Waals surface area contributed by atoms with Crippen molar-refractivity contribution in [2.45, 2.75) is 36.5 Å². The van der Waals surface area contributed by atoms with E-state index in [9.17, 15) is 26.6 Å². The van der Waals surface area contributed by atoms with Crippen molar-refractivity contribution < 1.29 is 26.6 Å². The van der Waals surface area contributed by atoms with Gasteiger partial charge in [0.05, 0.1) is 16.2 Å². The summed E-state index contributed by atoms with van der Waals surface area (Å²) in [5, 5.41) is 2.89. The number of aromatic nitrogens is 1. The van der Waals surface area contributed by atoms with Crippen molar-refractivity contribution in [2.75, 3.05) is 25.5 Å². The minimum Gasteiger partial charge on any atom is -0.363 e. The zero-order valence-electron chi connectivity index (χ0n) is 20.3. The van der Waals surface area contributed by atoms with Gasteiger partial charge < -0.3 is 10.2 Å². The van der Waals surface area contributed by atoms with Crippen LogP contribution in [0.3, 0.4) is 0 Å². The van der Waals surface area contributed by atoms with Gasteiger partial charge in [0.25, 0.3) is 0 Å². The van der Waals surface area contributed by atoms with E-state index in [2.05, 4.69) is 10.3 Å². The molecular formula is C26H26F4N4O2S. The molecule has 0 spiro atoms. The molecule has 1 saturated heterocycles. The van der Waals surface area contributed by atoms with Gasteiger partial charge in [-0.25, -0.2) is 17.9 Å². The van der Waals surface area contributed by atoms with Crippen LogP contribution in [0.1, 0.15) is 24.0 Å². The Labute approximate surface area is 214 Å². The van der Waals surface area contributed by atoms with Crippen LogP contribution in [-0.2, 0) is 28.5 Å². The number of hydrogen-bond acceptors (Lipinski definition) is 4. The normalized spacial score (nSPS) is 17.0. The van der Waals surface area contributed by atoms with Gasteiger partial charge in [-0.2, -0.15) is 13.2 Å². The van der Waals surface area contributed by atoms with Crippen molar-refractivity contribution in [2.24, 2.45) is 0 Å². The van der Waals surface area contributed by atoms with E-state index in [4.69, 9.17) is 0 Å². The van der Waals surface area contributed by atoms with Gasteiger partial charge in [-0.3, -0.25) is 4.79 Å². The van der Waals surface area contributed by atoms with E-state index in [0.717, 1.165) is 12.1 Å². The maximum absolute atomic E-state index is 13.2. The lowest BCUT2D eigenvalue weighted by Gasteiger charge is -2.23. The Balaban J connectivity index is 1.49. The van der Waals surface area contributed by atoms with Gasteiger partial charge >= 0.3 is 6.18 Å². The van der Waals surface area contributed by atoms with Gasteiger partial charge in [-0.15, -0.1) is 0 Å². The van der Waals surface area contributed by atoms with Crippen LogP contribution in [0.2, 0.25) is 0 Å². The van der Waals surface area contributed by atoms with Crippen LogP contribution in [0.5, 0.6) is 0 Å². The third-order valence-corrected chi connectivity index (χ3v) is 7.58. The molecule has 2 atom stereocenters. The smallest absolute Gasteiger partial charge is 0.363 e. The maximum atomic E-state index is 13.2. The number of rotatable bonds is 7. The number of nitrogens with zero attached hydrogens (tertiary/aromatic N) is 3. The summed E-state index contributed by atoms with van der Waals surface area (Å²) in [6.45, 7) is 0.629. The van der Waals surface area contributed by atoms with Gasteiger partial charge in [-0.1, -0.05) is 12.1 Å². The summed E-state index contributed by atoms with van der Waals surface area (Å²) in [5.74, 6) is -0.129. The third-order valence-electron chi connectivity index (χ3n) is 6.04. The van der Waals surface area contributed by atoms with Crippen LogP contribution in [0, 0.1) is 5.82 Å². The van der Waals surface area contributed by atoms with Crippen molar-refractivity contribution in [3.05, 3.63) is 77.6 Å². The highest BCUT2D eigenvalue weighted by Gasteiger charge is 2.35. The van der Waals surface area contributed by atoms with Crippen molar-refractivity contribution in [3.8, 4) is 11.3 Å². The molecule has 3 aromatic rings. The molecular weight excluding hydrogens is 508 g/mol. The highest BCUT2D eigenvalue weighted by Crippen LogP contribution is 2.31. The van der Waals surface area contributed by atoms with Crippen LogP contribution in [0.25, 0.3) is 11.3 Å². The number of carbonyl (C=O) groups is 1. The summed E-state index contributed by atoms with van der Waals surface area (Å²) in [6, 6.07) is 13.0. The van der Waals surface area contributed by atoms with E-state index in [0.29, 0.717) is 46.9 Å². The molecule has 1 aliphatic rings. The van der Waals surface area contributed by atoms with Crippen molar-refractivity contribution in [1.29, 1.82) is 0 Å². The fourth-order valence-electron chi connectivity index (χ4n) is 4.07. The molecule has 1 N–H and O–H groups in total.